The predicted octanol–water partition coefficient (Wildman–Crippen LogP) is 15.2. The molecule has 1 unspecified atom stereocenters. The van der Waals surface area contributed by atoms with Crippen molar-refractivity contribution >= 4 is 57.1 Å². The molecule has 2 bridgehead atoms. The summed E-state index contributed by atoms with van der Waals surface area (Å²) in [6, 6.07) is 42.8. The van der Waals surface area contributed by atoms with Gasteiger partial charge in [-0.3, -0.25) is 0 Å². The summed E-state index contributed by atoms with van der Waals surface area (Å²) in [5.41, 5.74) is 11.7. The van der Waals surface area contributed by atoms with Gasteiger partial charge in [-0.2, -0.15) is 0 Å². The van der Waals surface area contributed by atoms with E-state index < -0.39 is 8.07 Å². The largest absolute Gasteiger partial charge is 0.501 e. The van der Waals surface area contributed by atoms with Crippen molar-refractivity contribution < 1.29 is 33.3 Å². The number of pyridine rings is 2. The average Bonchev–Trinajstić information content (AvgIpc) is 3.85. The Morgan fingerprint density at radius 3 is 2.22 bits per heavy atom. The van der Waals surface area contributed by atoms with Crippen LogP contribution in [0.5, 0.6) is 0 Å². The fraction of sp³-hybridized carbons (Fsp3) is 0.298. The van der Waals surface area contributed by atoms with Crippen molar-refractivity contribution in [3.05, 3.63) is 151 Å². The van der Waals surface area contributed by atoms with Crippen LogP contribution in [0.4, 0.5) is 4.39 Å². The van der Waals surface area contributed by atoms with Crippen LogP contribution in [-0.4, -0.2) is 18.0 Å². The van der Waals surface area contributed by atoms with Gasteiger partial charge < -0.3 is 18.8 Å². The summed E-state index contributed by atoms with van der Waals surface area (Å²) in [5.74, 6) is 2.30. The Hall–Kier alpha value is -5.20. The summed E-state index contributed by atoms with van der Waals surface area (Å²) >= 11 is 0. The standard InChI is InChI=1S/C32H27FNO.C25H28NOSi.Ir/c33-25-10-11-28-30(19-25)35-32-27(13-12-26(31(28)32)23-4-2-1-3-5-23)29-18-21(14-15-34-29)17-24-16-20-6-8-22(24)9-7-20;1-25(2,3)15-17-14-21(26-16-23(17)28(4,5)6)20-12-9-11-19-18-10-7-8-13-22(18)27-24(19)20;/h1-5,10-12,14-15,18-20,22,24H,6-9,16-17H2;7-11,13-14,16H,15H2,1-6H3;/q2*-1;. The molecule has 3 aliphatic rings. The van der Waals surface area contributed by atoms with Gasteiger partial charge in [-0.05, 0) is 101 Å². The van der Waals surface area contributed by atoms with E-state index in [1.54, 1.807) is 0 Å². The van der Waals surface area contributed by atoms with E-state index in [2.05, 4.69) is 107 Å². The van der Waals surface area contributed by atoms with Gasteiger partial charge in [-0.25, -0.2) is 4.39 Å². The monoisotopic (exact) mass is 1040 g/mol. The zero-order valence-corrected chi connectivity index (χ0v) is 41.0. The van der Waals surface area contributed by atoms with E-state index in [-0.39, 0.29) is 31.3 Å². The molecule has 0 saturated heterocycles. The molecule has 1 radical (unpaired) electrons. The van der Waals surface area contributed by atoms with E-state index in [1.165, 1.54) is 60.6 Å². The molecule has 7 heteroatoms. The first-order valence-corrected chi connectivity index (χ1v) is 26.3. The Kier molecular flexibility index (Phi) is 12.1. The minimum Gasteiger partial charge on any atom is -0.501 e. The van der Waals surface area contributed by atoms with Crippen LogP contribution in [0.25, 0.3) is 77.5 Å². The first kappa shape index (κ1) is 44.0. The third-order valence-corrected chi connectivity index (χ3v) is 15.5. The average molecular weight is 1040 g/mol. The van der Waals surface area contributed by atoms with Crippen LogP contribution >= 0.6 is 0 Å². The van der Waals surface area contributed by atoms with Gasteiger partial charge >= 0.3 is 0 Å². The summed E-state index contributed by atoms with van der Waals surface area (Å²) in [5, 5.41) is 5.60. The molecular formula is C57H55FIrN2O2Si-2. The summed E-state index contributed by atoms with van der Waals surface area (Å²) in [4.78, 5) is 9.60. The van der Waals surface area contributed by atoms with Gasteiger partial charge in [-0.1, -0.05) is 153 Å². The molecule has 0 amide bonds. The molecule has 3 saturated carbocycles. The van der Waals surface area contributed by atoms with Crippen LogP contribution in [0.3, 0.4) is 0 Å². The molecular weight excluding hydrogens is 984 g/mol. The van der Waals surface area contributed by atoms with Crippen molar-refractivity contribution in [3.63, 3.8) is 0 Å². The second-order valence-electron chi connectivity index (χ2n) is 20.3. The molecule has 9 aromatic rings. The Balaban J connectivity index is 0.000000164. The molecule has 327 valence electrons. The van der Waals surface area contributed by atoms with E-state index in [0.717, 1.165) is 96.9 Å². The molecule has 4 heterocycles. The van der Waals surface area contributed by atoms with Crippen LogP contribution in [-0.2, 0) is 32.9 Å². The Morgan fingerprint density at radius 1 is 0.734 bits per heavy atom. The topological polar surface area (TPSA) is 52.1 Å². The molecule has 3 fully saturated rings. The van der Waals surface area contributed by atoms with Gasteiger partial charge in [0.25, 0.3) is 0 Å². The molecule has 0 spiro atoms. The summed E-state index contributed by atoms with van der Waals surface area (Å²) in [7, 11) is -1.48. The molecule has 0 aliphatic heterocycles. The van der Waals surface area contributed by atoms with Gasteiger partial charge in [0.1, 0.15) is 17.0 Å². The number of fused-ring (bicyclic) bond motifs is 9. The molecule has 64 heavy (non-hydrogen) atoms. The molecule has 4 aromatic heterocycles. The summed E-state index contributed by atoms with van der Waals surface area (Å²) < 4.78 is 26.6. The van der Waals surface area contributed by atoms with Crippen LogP contribution in [0.15, 0.2) is 130 Å². The number of benzene rings is 5. The van der Waals surface area contributed by atoms with Crippen LogP contribution in [0, 0.1) is 41.1 Å². The fourth-order valence-corrected chi connectivity index (χ4v) is 12.1. The number of nitrogens with zero attached hydrogens (tertiary/aromatic N) is 2. The Morgan fingerprint density at radius 2 is 1.47 bits per heavy atom. The number of hydrogen-bond donors (Lipinski definition) is 0. The van der Waals surface area contributed by atoms with Crippen molar-refractivity contribution in [2.24, 2.45) is 23.2 Å². The van der Waals surface area contributed by atoms with Gasteiger partial charge in [0.15, 0.2) is 0 Å². The van der Waals surface area contributed by atoms with Crippen molar-refractivity contribution in [1.82, 2.24) is 9.97 Å². The van der Waals surface area contributed by atoms with Gasteiger partial charge in [0, 0.05) is 49.3 Å². The van der Waals surface area contributed by atoms with E-state index in [1.807, 2.05) is 54.7 Å². The fourth-order valence-electron chi connectivity index (χ4n) is 10.5. The molecule has 4 nitrogen and oxygen atoms in total. The van der Waals surface area contributed by atoms with Crippen LogP contribution in [0.1, 0.15) is 64.0 Å². The smallest absolute Gasteiger partial charge is 0.126 e. The van der Waals surface area contributed by atoms with Gasteiger partial charge in [0.05, 0.1) is 19.2 Å². The minimum atomic E-state index is -1.48. The van der Waals surface area contributed by atoms with E-state index >= 15 is 0 Å². The molecule has 5 aromatic carbocycles. The number of rotatable bonds is 7. The van der Waals surface area contributed by atoms with Crippen molar-refractivity contribution in [2.45, 2.75) is 85.4 Å². The first-order chi connectivity index (χ1) is 30.4. The van der Waals surface area contributed by atoms with Crippen LogP contribution < -0.4 is 5.19 Å². The molecule has 12 rings (SSSR count). The molecule has 0 N–H and O–H groups in total. The van der Waals surface area contributed by atoms with Crippen molar-refractivity contribution in [1.29, 1.82) is 0 Å². The van der Waals surface area contributed by atoms with Gasteiger partial charge in [-0.15, -0.1) is 30.3 Å². The zero-order valence-electron chi connectivity index (χ0n) is 37.7. The van der Waals surface area contributed by atoms with Crippen molar-refractivity contribution in [3.8, 4) is 33.6 Å². The Labute approximate surface area is 391 Å². The normalized spacial score (nSPS) is 17.5. The summed E-state index contributed by atoms with van der Waals surface area (Å²) in [6.45, 7) is 14.1. The number of hydrogen-bond acceptors (Lipinski definition) is 4. The number of para-hydroxylation sites is 1. The minimum absolute atomic E-state index is 0. The number of furan rings is 2. The van der Waals surface area contributed by atoms with E-state index in [4.69, 9.17) is 18.8 Å². The van der Waals surface area contributed by atoms with E-state index in [0.29, 0.717) is 11.2 Å². The second kappa shape index (κ2) is 17.6. The quantitative estimate of drug-likeness (QED) is 0.118. The zero-order chi connectivity index (χ0) is 43.5. The SMILES string of the molecule is CC(C)(C)Cc1cc(-c2[c-]ccc3c2oc2ccccc23)ncc1[Si](C)(C)C.Fc1ccc2c(c1)oc1c(-c3cc(CC4CC5CCC4CC5)ccn3)[c-]cc(-c3ccccc3)c12.[Ir]. The molecule has 1 atom stereocenters. The first-order valence-electron chi connectivity index (χ1n) is 22.8. The van der Waals surface area contributed by atoms with Crippen molar-refractivity contribution in [2.75, 3.05) is 0 Å². The maximum absolute atomic E-state index is 14.1. The number of aromatic nitrogens is 2. The maximum atomic E-state index is 14.1. The molecule has 3 aliphatic carbocycles. The Bertz CT molecular complexity index is 3110. The van der Waals surface area contributed by atoms with Crippen LogP contribution in [0.2, 0.25) is 19.6 Å². The van der Waals surface area contributed by atoms with E-state index in [9.17, 15) is 4.39 Å². The maximum Gasteiger partial charge on any atom is 0.126 e. The number of halogens is 1. The second-order valence-corrected chi connectivity index (χ2v) is 25.4. The summed E-state index contributed by atoms with van der Waals surface area (Å²) in [6.07, 6.45) is 13.2. The van der Waals surface area contributed by atoms with Gasteiger partial charge in [0.2, 0.25) is 0 Å². The third kappa shape index (κ3) is 8.79. The third-order valence-electron chi connectivity index (χ3n) is 13.5. The predicted molar refractivity (Wildman–Crippen MR) is 260 cm³/mol.